The molecule has 0 unspecified atom stereocenters. The summed E-state index contributed by atoms with van der Waals surface area (Å²) in [7, 11) is 0. The van der Waals surface area contributed by atoms with Crippen LogP contribution < -0.4 is 5.32 Å². The summed E-state index contributed by atoms with van der Waals surface area (Å²) >= 11 is 0. The van der Waals surface area contributed by atoms with Crippen molar-refractivity contribution in [3.8, 4) is 0 Å². The zero-order chi connectivity index (χ0) is 15.7. The molecular weight excluding hydrogens is 290 g/mol. The van der Waals surface area contributed by atoms with Crippen molar-refractivity contribution in [2.24, 2.45) is 0 Å². The van der Waals surface area contributed by atoms with Gasteiger partial charge in [0.2, 0.25) is 5.95 Å². The first-order valence-electron chi connectivity index (χ1n) is 6.59. The molecule has 0 saturated heterocycles. The highest BCUT2D eigenvalue weighted by Gasteiger charge is 2.12. The number of carboxylic acid groups (broad SMARTS) is 1. The van der Waals surface area contributed by atoms with Crippen LogP contribution >= 0.6 is 0 Å². The van der Waals surface area contributed by atoms with Gasteiger partial charge in [-0.2, -0.15) is 4.98 Å². The molecule has 1 aromatic carbocycles. The zero-order valence-electron chi connectivity index (χ0n) is 11.7. The Labute approximate surface area is 123 Å². The number of carboxylic acids is 1. The van der Waals surface area contributed by atoms with Gasteiger partial charge in [-0.05, 0) is 25.1 Å². The minimum Gasteiger partial charge on any atom is -0.478 e. The van der Waals surface area contributed by atoms with Crippen molar-refractivity contribution in [3.63, 3.8) is 0 Å². The molecule has 0 bridgehead atoms. The number of carbonyl (C=O) groups is 2. The maximum Gasteiger partial charge on any atom is 0.335 e. The molecule has 9 nitrogen and oxygen atoms in total. The maximum absolute atomic E-state index is 11.3. The Bertz CT molecular complexity index is 866. The van der Waals surface area contributed by atoms with Crippen molar-refractivity contribution in [1.29, 1.82) is 0 Å². The van der Waals surface area contributed by atoms with Crippen LogP contribution in [0.3, 0.4) is 0 Å². The number of aromatic amines is 1. The number of hydrogen-bond donors (Lipinski definition) is 3. The van der Waals surface area contributed by atoms with Gasteiger partial charge in [0, 0.05) is 0 Å². The molecule has 0 saturated carbocycles. The summed E-state index contributed by atoms with van der Waals surface area (Å²) in [6.07, 6.45) is 0. The van der Waals surface area contributed by atoms with Crippen LogP contribution in [-0.2, 0) is 9.53 Å². The van der Waals surface area contributed by atoms with Gasteiger partial charge >= 0.3 is 11.9 Å². The number of ether oxygens (including phenoxy) is 1. The Morgan fingerprint density at radius 1 is 1.41 bits per heavy atom. The number of esters is 1. The largest absolute Gasteiger partial charge is 0.478 e. The molecule has 0 atom stereocenters. The van der Waals surface area contributed by atoms with E-state index in [1.54, 1.807) is 17.5 Å². The molecule has 0 aliphatic rings. The van der Waals surface area contributed by atoms with Crippen LogP contribution in [0.1, 0.15) is 17.3 Å². The van der Waals surface area contributed by atoms with Gasteiger partial charge in [0.05, 0.1) is 23.2 Å². The van der Waals surface area contributed by atoms with Crippen LogP contribution in [0.15, 0.2) is 18.2 Å². The summed E-state index contributed by atoms with van der Waals surface area (Å²) in [5.74, 6) is -0.639. The molecular formula is C13H13N5O4. The van der Waals surface area contributed by atoms with E-state index >= 15 is 0 Å². The van der Waals surface area contributed by atoms with Crippen LogP contribution in [0.5, 0.6) is 0 Å². The molecule has 0 aliphatic heterocycles. The molecule has 9 heteroatoms. The van der Waals surface area contributed by atoms with Crippen LogP contribution in [0.2, 0.25) is 0 Å². The smallest absolute Gasteiger partial charge is 0.335 e. The topological polar surface area (TPSA) is 122 Å². The van der Waals surface area contributed by atoms with E-state index in [2.05, 4.69) is 20.4 Å². The summed E-state index contributed by atoms with van der Waals surface area (Å²) < 4.78 is 6.41. The number of rotatable bonds is 5. The summed E-state index contributed by atoms with van der Waals surface area (Å²) in [5.41, 5.74) is 1.38. The van der Waals surface area contributed by atoms with E-state index in [1.807, 2.05) is 0 Å². The standard InChI is InChI=1S/C13H13N5O4/c1-2-22-10(19)6-14-12-16-13-15-8-5-7(11(20)21)3-4-9(8)18(13)17-12/h3-5H,2,6H2,1H3,(H,20,21)(H2,14,15,16,17). The lowest BCUT2D eigenvalue weighted by Gasteiger charge is -2.01. The first-order valence-corrected chi connectivity index (χ1v) is 6.59. The third kappa shape index (κ3) is 2.43. The van der Waals surface area contributed by atoms with Gasteiger partial charge in [-0.25, -0.2) is 14.3 Å². The molecule has 114 valence electrons. The van der Waals surface area contributed by atoms with Crippen LogP contribution in [-0.4, -0.2) is 49.8 Å². The SMILES string of the molecule is CCOC(=O)CNc1nc2nc3cc(C(=O)O)ccc3n2[nH]1. The highest BCUT2D eigenvalue weighted by molar-refractivity contribution is 5.93. The average Bonchev–Trinajstić information content (AvgIpc) is 3.01. The second-order valence-corrected chi connectivity index (χ2v) is 4.49. The lowest BCUT2D eigenvalue weighted by atomic mass is 10.2. The molecule has 2 heterocycles. The molecule has 22 heavy (non-hydrogen) atoms. The Hall–Kier alpha value is -3.10. The maximum atomic E-state index is 11.3. The summed E-state index contributed by atoms with van der Waals surface area (Å²) in [5, 5.41) is 14.7. The Morgan fingerprint density at radius 3 is 2.95 bits per heavy atom. The van der Waals surface area contributed by atoms with Crippen molar-refractivity contribution in [3.05, 3.63) is 23.8 Å². The second kappa shape index (κ2) is 5.35. The summed E-state index contributed by atoms with van der Waals surface area (Å²) in [4.78, 5) is 30.7. The number of carbonyl (C=O) groups excluding carboxylic acids is 1. The molecule has 0 spiro atoms. The van der Waals surface area contributed by atoms with E-state index in [-0.39, 0.29) is 18.1 Å². The molecule has 3 rings (SSSR count). The van der Waals surface area contributed by atoms with Crippen molar-refractivity contribution in [2.45, 2.75) is 6.92 Å². The number of aromatic nitrogens is 4. The zero-order valence-corrected chi connectivity index (χ0v) is 11.7. The third-order valence-corrected chi connectivity index (χ3v) is 3.02. The molecule has 2 aromatic heterocycles. The van der Waals surface area contributed by atoms with Gasteiger partial charge in [0.15, 0.2) is 0 Å². The number of imidazole rings is 1. The number of nitrogens with zero attached hydrogens (tertiary/aromatic N) is 3. The van der Waals surface area contributed by atoms with Gasteiger partial charge in [-0.15, -0.1) is 0 Å². The van der Waals surface area contributed by atoms with E-state index in [4.69, 9.17) is 9.84 Å². The number of fused-ring (bicyclic) bond motifs is 3. The molecule has 0 fully saturated rings. The highest BCUT2D eigenvalue weighted by Crippen LogP contribution is 2.18. The second-order valence-electron chi connectivity index (χ2n) is 4.49. The number of nitrogens with one attached hydrogen (secondary N) is 2. The Morgan fingerprint density at radius 2 is 2.23 bits per heavy atom. The first kappa shape index (κ1) is 13.9. The van der Waals surface area contributed by atoms with E-state index in [0.717, 1.165) is 0 Å². The van der Waals surface area contributed by atoms with E-state index < -0.39 is 5.97 Å². The summed E-state index contributed by atoms with van der Waals surface area (Å²) in [6.45, 7) is 2.04. The van der Waals surface area contributed by atoms with E-state index in [1.165, 1.54) is 12.1 Å². The van der Waals surface area contributed by atoms with Gasteiger partial charge in [-0.1, -0.05) is 0 Å². The van der Waals surface area contributed by atoms with Gasteiger partial charge in [-0.3, -0.25) is 9.89 Å². The molecule has 0 amide bonds. The fraction of sp³-hybridized carbons (Fsp3) is 0.231. The quantitative estimate of drug-likeness (QED) is 0.598. The van der Waals surface area contributed by atoms with Gasteiger partial charge < -0.3 is 15.2 Å². The fourth-order valence-electron chi connectivity index (χ4n) is 2.06. The third-order valence-electron chi connectivity index (χ3n) is 3.02. The van der Waals surface area contributed by atoms with Crippen molar-refractivity contribution < 1.29 is 19.4 Å². The molecule has 0 radical (unpaired) electrons. The summed E-state index contributed by atoms with van der Waals surface area (Å²) in [6, 6.07) is 4.61. The average molecular weight is 303 g/mol. The van der Waals surface area contributed by atoms with Crippen LogP contribution in [0, 0.1) is 0 Å². The molecule has 0 aliphatic carbocycles. The van der Waals surface area contributed by atoms with Crippen molar-refractivity contribution in [2.75, 3.05) is 18.5 Å². The predicted octanol–water partition coefficient (Wildman–Crippen LogP) is 0.884. The monoisotopic (exact) mass is 303 g/mol. The first-order chi connectivity index (χ1) is 10.6. The number of aromatic carboxylic acids is 1. The number of hydrogen-bond acceptors (Lipinski definition) is 6. The van der Waals surface area contributed by atoms with Gasteiger partial charge in [0.1, 0.15) is 6.54 Å². The molecule has 3 N–H and O–H groups in total. The highest BCUT2D eigenvalue weighted by atomic mass is 16.5. The van der Waals surface area contributed by atoms with Gasteiger partial charge in [0.25, 0.3) is 5.78 Å². The fourth-order valence-corrected chi connectivity index (χ4v) is 2.06. The van der Waals surface area contributed by atoms with Crippen LogP contribution in [0.4, 0.5) is 5.95 Å². The normalized spacial score (nSPS) is 11.0. The van der Waals surface area contributed by atoms with E-state index in [9.17, 15) is 9.59 Å². The number of benzene rings is 1. The lowest BCUT2D eigenvalue weighted by Crippen LogP contribution is -2.17. The minimum absolute atomic E-state index is 0.00833. The number of H-pyrrole nitrogens is 1. The Balaban J connectivity index is 1.88. The minimum atomic E-state index is -1.01. The van der Waals surface area contributed by atoms with E-state index in [0.29, 0.717) is 29.4 Å². The van der Waals surface area contributed by atoms with Crippen molar-refractivity contribution in [1.82, 2.24) is 19.6 Å². The van der Waals surface area contributed by atoms with Crippen molar-refractivity contribution >= 4 is 34.7 Å². The molecule has 3 aromatic rings. The van der Waals surface area contributed by atoms with Crippen LogP contribution in [0.25, 0.3) is 16.8 Å². The number of anilines is 1. The Kier molecular flexibility index (Phi) is 3.37. The lowest BCUT2D eigenvalue weighted by molar-refractivity contribution is -0.140. The predicted molar refractivity (Wildman–Crippen MR) is 76.9 cm³/mol.